The lowest BCUT2D eigenvalue weighted by molar-refractivity contribution is -0.130. The first-order valence-electron chi connectivity index (χ1n) is 9.19. The van der Waals surface area contributed by atoms with E-state index in [0.717, 1.165) is 31.0 Å². The van der Waals surface area contributed by atoms with Crippen LogP contribution in [0.5, 0.6) is 0 Å². The Morgan fingerprint density at radius 3 is 2.59 bits per heavy atom. The van der Waals surface area contributed by atoms with Crippen molar-refractivity contribution < 1.29 is 4.79 Å². The molecule has 2 aromatic carbocycles. The lowest BCUT2D eigenvalue weighted by atomic mass is 10.00. The van der Waals surface area contributed by atoms with E-state index in [-0.39, 0.29) is 12.5 Å². The SMILES string of the molecule is CN=C(NCCc1ccc(Cl)cc1)NCC(=O)N1CCc2ccccc2C1. The van der Waals surface area contributed by atoms with Crippen LogP contribution in [-0.4, -0.2) is 43.4 Å². The molecule has 6 heteroatoms. The van der Waals surface area contributed by atoms with Gasteiger partial charge in [0, 0.05) is 31.7 Å². The number of rotatable bonds is 5. The second-order valence-electron chi connectivity index (χ2n) is 6.56. The maximum absolute atomic E-state index is 12.5. The van der Waals surface area contributed by atoms with Gasteiger partial charge in [0.05, 0.1) is 6.54 Å². The molecule has 0 atom stereocenters. The Labute approximate surface area is 165 Å². The molecule has 1 aliphatic heterocycles. The highest BCUT2D eigenvalue weighted by atomic mass is 35.5. The first kappa shape index (κ1) is 19.2. The molecule has 0 saturated heterocycles. The molecule has 0 saturated carbocycles. The summed E-state index contributed by atoms with van der Waals surface area (Å²) >= 11 is 5.90. The Morgan fingerprint density at radius 2 is 1.85 bits per heavy atom. The Balaban J connectivity index is 1.42. The molecule has 1 heterocycles. The fourth-order valence-corrected chi connectivity index (χ4v) is 3.30. The Bertz CT molecular complexity index is 804. The molecule has 0 bridgehead atoms. The van der Waals surface area contributed by atoms with Gasteiger partial charge in [-0.15, -0.1) is 0 Å². The smallest absolute Gasteiger partial charge is 0.242 e. The number of nitrogens with zero attached hydrogens (tertiary/aromatic N) is 2. The Hall–Kier alpha value is -2.53. The predicted molar refractivity (Wildman–Crippen MR) is 110 cm³/mol. The summed E-state index contributed by atoms with van der Waals surface area (Å²) in [5.41, 5.74) is 3.78. The number of hydrogen-bond donors (Lipinski definition) is 2. The van der Waals surface area contributed by atoms with Crippen LogP contribution in [0.1, 0.15) is 16.7 Å². The van der Waals surface area contributed by atoms with Crippen molar-refractivity contribution in [2.75, 3.05) is 26.7 Å². The summed E-state index contributed by atoms with van der Waals surface area (Å²) in [6, 6.07) is 16.1. The van der Waals surface area contributed by atoms with Crippen LogP contribution in [0.15, 0.2) is 53.5 Å². The summed E-state index contributed by atoms with van der Waals surface area (Å²) in [5.74, 6) is 0.722. The van der Waals surface area contributed by atoms with Crippen molar-refractivity contribution in [1.82, 2.24) is 15.5 Å². The van der Waals surface area contributed by atoms with Gasteiger partial charge in [0.15, 0.2) is 5.96 Å². The maximum Gasteiger partial charge on any atom is 0.242 e. The van der Waals surface area contributed by atoms with Gasteiger partial charge in [-0.05, 0) is 41.7 Å². The highest BCUT2D eigenvalue weighted by molar-refractivity contribution is 6.30. The van der Waals surface area contributed by atoms with Gasteiger partial charge in [0.1, 0.15) is 0 Å². The standard InChI is InChI=1S/C21H25ClN4O/c1-23-21(24-12-10-16-6-8-19(22)9-7-16)25-14-20(27)26-13-11-17-4-2-3-5-18(17)15-26/h2-9H,10-15H2,1H3,(H2,23,24,25). The summed E-state index contributed by atoms with van der Waals surface area (Å²) < 4.78 is 0. The average molecular weight is 385 g/mol. The molecule has 142 valence electrons. The fraction of sp³-hybridized carbons (Fsp3) is 0.333. The van der Waals surface area contributed by atoms with Crippen LogP contribution in [0, 0.1) is 0 Å². The number of amides is 1. The third-order valence-corrected chi connectivity index (χ3v) is 4.99. The highest BCUT2D eigenvalue weighted by Crippen LogP contribution is 2.18. The first-order chi connectivity index (χ1) is 13.2. The number of carbonyl (C=O) groups is 1. The number of carbonyl (C=O) groups excluding carboxylic acids is 1. The molecule has 0 spiro atoms. The number of fused-ring (bicyclic) bond motifs is 1. The Morgan fingerprint density at radius 1 is 1.11 bits per heavy atom. The van der Waals surface area contributed by atoms with Gasteiger partial charge in [-0.25, -0.2) is 0 Å². The molecule has 0 radical (unpaired) electrons. The van der Waals surface area contributed by atoms with Gasteiger partial charge in [-0.2, -0.15) is 0 Å². The molecular formula is C21H25ClN4O. The largest absolute Gasteiger partial charge is 0.356 e. The molecule has 0 unspecified atom stereocenters. The van der Waals surface area contributed by atoms with E-state index in [2.05, 4.69) is 33.8 Å². The highest BCUT2D eigenvalue weighted by Gasteiger charge is 2.20. The van der Waals surface area contributed by atoms with E-state index in [1.54, 1.807) is 7.05 Å². The summed E-state index contributed by atoms with van der Waals surface area (Å²) in [7, 11) is 1.71. The lowest BCUT2D eigenvalue weighted by Crippen LogP contribution is -2.46. The number of aliphatic imine (C=N–C) groups is 1. The monoisotopic (exact) mass is 384 g/mol. The average Bonchev–Trinajstić information content (AvgIpc) is 2.71. The Kier molecular flexibility index (Phi) is 6.71. The van der Waals surface area contributed by atoms with Crippen LogP contribution >= 0.6 is 11.6 Å². The van der Waals surface area contributed by atoms with Gasteiger partial charge < -0.3 is 15.5 Å². The quantitative estimate of drug-likeness (QED) is 0.615. The molecule has 1 amide bonds. The van der Waals surface area contributed by atoms with Gasteiger partial charge in [0.25, 0.3) is 0 Å². The number of hydrogen-bond acceptors (Lipinski definition) is 2. The van der Waals surface area contributed by atoms with E-state index in [4.69, 9.17) is 11.6 Å². The van der Waals surface area contributed by atoms with Gasteiger partial charge >= 0.3 is 0 Å². The minimum atomic E-state index is 0.0881. The number of nitrogens with one attached hydrogen (secondary N) is 2. The molecule has 0 aliphatic carbocycles. The van der Waals surface area contributed by atoms with Crippen molar-refractivity contribution in [2.24, 2.45) is 4.99 Å². The van der Waals surface area contributed by atoms with Crippen LogP contribution in [0.3, 0.4) is 0 Å². The van der Waals surface area contributed by atoms with Gasteiger partial charge in [-0.3, -0.25) is 9.79 Å². The predicted octanol–water partition coefficient (Wildman–Crippen LogP) is 2.63. The summed E-state index contributed by atoms with van der Waals surface area (Å²) in [4.78, 5) is 18.6. The van der Waals surface area contributed by atoms with Crippen molar-refractivity contribution >= 4 is 23.5 Å². The summed E-state index contributed by atoms with van der Waals surface area (Å²) in [6.45, 7) is 2.41. The second-order valence-corrected chi connectivity index (χ2v) is 7.00. The van der Waals surface area contributed by atoms with Crippen LogP contribution in [0.4, 0.5) is 0 Å². The molecule has 1 aliphatic rings. The van der Waals surface area contributed by atoms with E-state index < -0.39 is 0 Å². The maximum atomic E-state index is 12.5. The number of benzene rings is 2. The zero-order valence-electron chi connectivity index (χ0n) is 15.5. The molecule has 5 nitrogen and oxygen atoms in total. The topological polar surface area (TPSA) is 56.7 Å². The second kappa shape index (κ2) is 9.42. The van der Waals surface area contributed by atoms with Crippen molar-refractivity contribution in [3.05, 3.63) is 70.2 Å². The molecule has 2 N–H and O–H groups in total. The molecule has 3 rings (SSSR count). The molecule has 0 aromatic heterocycles. The molecule has 2 aromatic rings. The minimum Gasteiger partial charge on any atom is -0.356 e. The van der Waals surface area contributed by atoms with Gasteiger partial charge in [0.2, 0.25) is 5.91 Å². The fourth-order valence-electron chi connectivity index (χ4n) is 3.18. The molecule has 0 fully saturated rings. The van der Waals surface area contributed by atoms with Crippen LogP contribution < -0.4 is 10.6 Å². The van der Waals surface area contributed by atoms with Crippen molar-refractivity contribution in [2.45, 2.75) is 19.4 Å². The van der Waals surface area contributed by atoms with E-state index in [1.807, 2.05) is 35.2 Å². The zero-order chi connectivity index (χ0) is 19.1. The first-order valence-corrected chi connectivity index (χ1v) is 9.57. The lowest BCUT2D eigenvalue weighted by Gasteiger charge is -2.29. The summed E-state index contributed by atoms with van der Waals surface area (Å²) in [6.07, 6.45) is 1.77. The van der Waals surface area contributed by atoms with Gasteiger partial charge in [-0.1, -0.05) is 48.0 Å². The van der Waals surface area contributed by atoms with Crippen LogP contribution in [0.2, 0.25) is 5.02 Å². The molecular weight excluding hydrogens is 360 g/mol. The van der Waals surface area contributed by atoms with E-state index in [0.29, 0.717) is 12.5 Å². The number of halogens is 1. The van der Waals surface area contributed by atoms with Crippen molar-refractivity contribution in [3.8, 4) is 0 Å². The van der Waals surface area contributed by atoms with Crippen molar-refractivity contribution in [3.63, 3.8) is 0 Å². The van der Waals surface area contributed by atoms with Crippen molar-refractivity contribution in [1.29, 1.82) is 0 Å². The van der Waals surface area contributed by atoms with Crippen LogP contribution in [0.25, 0.3) is 0 Å². The van der Waals surface area contributed by atoms with Crippen LogP contribution in [-0.2, 0) is 24.2 Å². The van der Waals surface area contributed by atoms with E-state index in [1.165, 1.54) is 16.7 Å². The number of guanidine groups is 1. The third kappa shape index (κ3) is 5.47. The minimum absolute atomic E-state index is 0.0881. The van der Waals surface area contributed by atoms with E-state index >= 15 is 0 Å². The third-order valence-electron chi connectivity index (χ3n) is 4.73. The molecule has 27 heavy (non-hydrogen) atoms. The summed E-state index contributed by atoms with van der Waals surface area (Å²) in [5, 5.41) is 7.09. The normalized spacial score (nSPS) is 13.9. The zero-order valence-corrected chi connectivity index (χ0v) is 16.3. The van der Waals surface area contributed by atoms with E-state index in [9.17, 15) is 4.79 Å².